The number of ether oxygens (including phenoxy) is 1. The molecular weight excluding hydrogens is 222 g/mol. The minimum Gasteiger partial charge on any atom is -0.381 e. The molecule has 2 heteroatoms. The van der Waals surface area contributed by atoms with E-state index in [1.165, 1.54) is 0 Å². The largest absolute Gasteiger partial charge is 0.381 e. The Bertz CT molecular complexity index is 119. The second-order valence-corrected chi connectivity index (χ2v) is 6.77. The first kappa shape index (κ1) is 20.2. The smallest absolute Gasteiger partial charge is 0.0489 e. The van der Waals surface area contributed by atoms with E-state index < -0.39 is 0 Å². The van der Waals surface area contributed by atoms with Crippen LogP contribution in [0.1, 0.15) is 55.4 Å². The molecule has 0 aromatic carbocycles. The maximum atomic E-state index is 5.36. The van der Waals surface area contributed by atoms with Crippen molar-refractivity contribution in [1.82, 2.24) is 5.32 Å². The van der Waals surface area contributed by atoms with E-state index in [1.54, 1.807) is 0 Å². The summed E-state index contributed by atoms with van der Waals surface area (Å²) in [7, 11) is 0. The van der Waals surface area contributed by atoms with E-state index in [1.807, 2.05) is 0 Å². The second-order valence-electron chi connectivity index (χ2n) is 6.77. The van der Waals surface area contributed by atoms with Crippen LogP contribution in [0.5, 0.6) is 0 Å². The highest BCUT2D eigenvalue weighted by Crippen LogP contribution is 1.96. The molecule has 0 rings (SSSR count). The van der Waals surface area contributed by atoms with Gasteiger partial charge in [-0.2, -0.15) is 0 Å². The highest BCUT2D eigenvalue weighted by Gasteiger charge is 1.95. The summed E-state index contributed by atoms with van der Waals surface area (Å²) in [5, 5.41) is 3.38. The van der Waals surface area contributed by atoms with Crippen molar-refractivity contribution in [3.05, 3.63) is 0 Å². The predicted octanol–water partition coefficient (Wildman–Crippen LogP) is 4.20. The van der Waals surface area contributed by atoms with Crippen molar-refractivity contribution >= 4 is 0 Å². The van der Waals surface area contributed by atoms with Crippen LogP contribution in [0, 0.1) is 23.7 Å². The average molecular weight is 259 g/mol. The molecule has 0 aromatic rings. The SMILES string of the molecule is CC(C)CNCC(C)C.CC(C)COCC(C)C. The maximum absolute atomic E-state index is 5.36. The van der Waals surface area contributed by atoms with Crippen molar-refractivity contribution in [2.75, 3.05) is 26.3 Å². The van der Waals surface area contributed by atoms with Crippen molar-refractivity contribution in [1.29, 1.82) is 0 Å². The van der Waals surface area contributed by atoms with Crippen molar-refractivity contribution in [3.63, 3.8) is 0 Å². The molecule has 0 aromatic heterocycles. The van der Waals surface area contributed by atoms with Gasteiger partial charge in [0.2, 0.25) is 0 Å². The zero-order valence-electron chi connectivity index (χ0n) is 14.0. The third-order valence-corrected chi connectivity index (χ3v) is 2.01. The van der Waals surface area contributed by atoms with Gasteiger partial charge in [-0.3, -0.25) is 0 Å². The molecule has 18 heavy (non-hydrogen) atoms. The zero-order valence-corrected chi connectivity index (χ0v) is 14.0. The Morgan fingerprint density at radius 1 is 0.611 bits per heavy atom. The lowest BCUT2D eigenvalue weighted by Gasteiger charge is -2.08. The molecule has 0 saturated carbocycles. The molecule has 0 bridgehead atoms. The van der Waals surface area contributed by atoms with Gasteiger partial charge in [-0.1, -0.05) is 55.4 Å². The number of hydrogen-bond donors (Lipinski definition) is 1. The lowest BCUT2D eigenvalue weighted by Crippen LogP contribution is -2.23. The fraction of sp³-hybridized carbons (Fsp3) is 1.00. The van der Waals surface area contributed by atoms with Gasteiger partial charge < -0.3 is 10.1 Å². The molecule has 112 valence electrons. The fourth-order valence-corrected chi connectivity index (χ4v) is 1.20. The van der Waals surface area contributed by atoms with E-state index in [0.717, 1.165) is 38.1 Å². The van der Waals surface area contributed by atoms with Gasteiger partial charge in [0.25, 0.3) is 0 Å². The van der Waals surface area contributed by atoms with Crippen molar-refractivity contribution < 1.29 is 4.74 Å². The van der Waals surface area contributed by atoms with Crippen LogP contribution in [0.25, 0.3) is 0 Å². The quantitative estimate of drug-likeness (QED) is 0.705. The summed E-state index contributed by atoms with van der Waals surface area (Å²) < 4.78 is 5.36. The molecule has 1 N–H and O–H groups in total. The molecular formula is C16H37NO. The van der Waals surface area contributed by atoms with Gasteiger partial charge in [0, 0.05) is 13.2 Å². The highest BCUT2D eigenvalue weighted by molar-refractivity contribution is 4.52. The summed E-state index contributed by atoms with van der Waals surface area (Å²) in [6.45, 7) is 21.7. The summed E-state index contributed by atoms with van der Waals surface area (Å²) in [6, 6.07) is 0. The molecule has 0 unspecified atom stereocenters. The third-order valence-electron chi connectivity index (χ3n) is 2.01. The van der Waals surface area contributed by atoms with Gasteiger partial charge in [-0.15, -0.1) is 0 Å². The van der Waals surface area contributed by atoms with Crippen LogP contribution in [0.15, 0.2) is 0 Å². The van der Waals surface area contributed by atoms with Crippen LogP contribution in [0.2, 0.25) is 0 Å². The maximum Gasteiger partial charge on any atom is 0.0489 e. The lowest BCUT2D eigenvalue weighted by molar-refractivity contribution is 0.0886. The first-order valence-electron chi connectivity index (χ1n) is 7.54. The molecule has 2 nitrogen and oxygen atoms in total. The lowest BCUT2D eigenvalue weighted by atomic mass is 10.2. The Kier molecular flexibility index (Phi) is 15.0. The van der Waals surface area contributed by atoms with Gasteiger partial charge in [0.05, 0.1) is 0 Å². The Hall–Kier alpha value is -0.0800. The molecule has 0 aliphatic heterocycles. The van der Waals surface area contributed by atoms with Gasteiger partial charge in [-0.05, 0) is 36.8 Å². The van der Waals surface area contributed by atoms with Crippen molar-refractivity contribution in [2.24, 2.45) is 23.7 Å². The molecule has 0 saturated heterocycles. The summed E-state index contributed by atoms with van der Waals surface area (Å²) in [4.78, 5) is 0. The molecule has 0 spiro atoms. The molecule has 0 atom stereocenters. The minimum atomic E-state index is 0.670. The van der Waals surface area contributed by atoms with Crippen molar-refractivity contribution in [2.45, 2.75) is 55.4 Å². The number of rotatable bonds is 8. The van der Waals surface area contributed by atoms with E-state index in [2.05, 4.69) is 60.7 Å². The zero-order chi connectivity index (χ0) is 14.6. The fourth-order valence-electron chi connectivity index (χ4n) is 1.20. The van der Waals surface area contributed by atoms with Gasteiger partial charge in [-0.25, -0.2) is 0 Å². The van der Waals surface area contributed by atoms with Crippen LogP contribution < -0.4 is 5.32 Å². The summed E-state index contributed by atoms with van der Waals surface area (Å²) in [5.41, 5.74) is 0. The van der Waals surface area contributed by atoms with Crippen LogP contribution in [0.3, 0.4) is 0 Å². The Morgan fingerprint density at radius 2 is 0.944 bits per heavy atom. The summed E-state index contributed by atoms with van der Waals surface area (Å²) in [5.74, 6) is 2.90. The Labute approximate surface area is 116 Å². The van der Waals surface area contributed by atoms with Gasteiger partial charge in [0.15, 0.2) is 0 Å². The monoisotopic (exact) mass is 259 g/mol. The third kappa shape index (κ3) is 24.9. The van der Waals surface area contributed by atoms with E-state index in [4.69, 9.17) is 4.74 Å². The molecule has 0 amide bonds. The normalized spacial score (nSPS) is 11.3. The first-order chi connectivity index (χ1) is 8.25. The summed E-state index contributed by atoms with van der Waals surface area (Å²) >= 11 is 0. The standard InChI is InChI=1S/C8H19N.C8H18O/c2*1-7(2)5-9-6-8(3)4/h7-9H,5-6H2,1-4H3;7-8H,5-6H2,1-4H3. The summed E-state index contributed by atoms with van der Waals surface area (Å²) in [6.07, 6.45) is 0. The average Bonchev–Trinajstić information content (AvgIpc) is 2.15. The van der Waals surface area contributed by atoms with E-state index in [0.29, 0.717) is 11.8 Å². The van der Waals surface area contributed by atoms with E-state index in [-0.39, 0.29) is 0 Å². The molecule has 0 aliphatic carbocycles. The molecule has 0 aliphatic rings. The Morgan fingerprint density at radius 3 is 1.17 bits per heavy atom. The van der Waals surface area contributed by atoms with Crippen LogP contribution >= 0.6 is 0 Å². The second kappa shape index (κ2) is 13.4. The molecule has 0 fully saturated rings. The predicted molar refractivity (Wildman–Crippen MR) is 83.0 cm³/mol. The van der Waals surface area contributed by atoms with Crippen LogP contribution in [0.4, 0.5) is 0 Å². The van der Waals surface area contributed by atoms with Crippen LogP contribution in [-0.2, 0) is 4.74 Å². The number of hydrogen-bond acceptors (Lipinski definition) is 2. The van der Waals surface area contributed by atoms with Crippen LogP contribution in [-0.4, -0.2) is 26.3 Å². The molecule has 0 heterocycles. The van der Waals surface area contributed by atoms with Gasteiger partial charge in [0.1, 0.15) is 0 Å². The molecule has 0 radical (unpaired) electrons. The first-order valence-corrected chi connectivity index (χ1v) is 7.54. The van der Waals surface area contributed by atoms with Crippen molar-refractivity contribution in [3.8, 4) is 0 Å². The number of nitrogens with one attached hydrogen (secondary N) is 1. The topological polar surface area (TPSA) is 21.3 Å². The van der Waals surface area contributed by atoms with E-state index in [9.17, 15) is 0 Å². The highest BCUT2D eigenvalue weighted by atomic mass is 16.5. The Balaban J connectivity index is 0. The van der Waals surface area contributed by atoms with E-state index >= 15 is 0 Å². The minimum absolute atomic E-state index is 0.670. The van der Waals surface area contributed by atoms with Gasteiger partial charge >= 0.3 is 0 Å².